The largest absolute Gasteiger partial charge is 0.493 e. The number of hydrogen-bond donors (Lipinski definition) is 1. The van der Waals surface area contributed by atoms with Crippen LogP contribution >= 0.6 is 0 Å². The van der Waals surface area contributed by atoms with Crippen LogP contribution in [0.2, 0.25) is 0 Å². The standard InChI is InChI=1S/C22H21FN6O/c1-12-11-29-21(27-12)18(16-8-24-14(3)28-13(16)2)10-26-22(29)25-9-17-15-6-7-30-20(15)5-4-19(17)23/h4-5,8,10-11H,6-7,9H2,1-3H3,(H,25,26). The molecule has 0 spiro atoms. The van der Waals surface area contributed by atoms with Crippen molar-refractivity contribution in [3.05, 3.63) is 64.9 Å². The third-order valence-electron chi connectivity index (χ3n) is 5.37. The second-order valence-electron chi connectivity index (χ2n) is 7.44. The number of ether oxygens (including phenoxy) is 1. The lowest BCUT2D eigenvalue weighted by Gasteiger charge is -2.13. The SMILES string of the molecule is Cc1cn2c(NCc3c(F)ccc4c3CCO4)ncc(-c3cnc(C)nc3C)c2n1. The lowest BCUT2D eigenvalue weighted by Crippen LogP contribution is -2.10. The van der Waals surface area contributed by atoms with Gasteiger partial charge in [-0.1, -0.05) is 0 Å². The van der Waals surface area contributed by atoms with Crippen LogP contribution < -0.4 is 10.1 Å². The highest BCUT2D eigenvalue weighted by molar-refractivity contribution is 5.79. The number of nitrogens with one attached hydrogen (secondary N) is 1. The van der Waals surface area contributed by atoms with Gasteiger partial charge in [0.25, 0.3) is 0 Å². The molecule has 152 valence electrons. The van der Waals surface area contributed by atoms with Gasteiger partial charge in [0.2, 0.25) is 5.95 Å². The molecule has 0 saturated heterocycles. The van der Waals surface area contributed by atoms with Gasteiger partial charge < -0.3 is 10.1 Å². The Morgan fingerprint density at radius 1 is 1.10 bits per heavy atom. The van der Waals surface area contributed by atoms with Crippen molar-refractivity contribution in [3.8, 4) is 16.9 Å². The van der Waals surface area contributed by atoms with Crippen LogP contribution in [0.4, 0.5) is 10.3 Å². The topological polar surface area (TPSA) is 77.2 Å². The van der Waals surface area contributed by atoms with Gasteiger partial charge in [-0.2, -0.15) is 0 Å². The monoisotopic (exact) mass is 404 g/mol. The summed E-state index contributed by atoms with van der Waals surface area (Å²) in [5.74, 6) is 1.83. The Labute approximate surface area is 173 Å². The smallest absolute Gasteiger partial charge is 0.208 e. The molecule has 4 heterocycles. The van der Waals surface area contributed by atoms with Crippen LogP contribution in [-0.4, -0.2) is 30.9 Å². The fourth-order valence-corrected chi connectivity index (χ4v) is 3.94. The quantitative estimate of drug-likeness (QED) is 0.558. The predicted molar refractivity (Wildman–Crippen MR) is 111 cm³/mol. The number of aryl methyl sites for hydroxylation is 3. The lowest BCUT2D eigenvalue weighted by molar-refractivity contribution is 0.356. The molecule has 1 N–H and O–H groups in total. The van der Waals surface area contributed by atoms with Gasteiger partial charge >= 0.3 is 0 Å². The van der Waals surface area contributed by atoms with E-state index >= 15 is 0 Å². The van der Waals surface area contributed by atoms with Crippen molar-refractivity contribution in [2.75, 3.05) is 11.9 Å². The number of rotatable bonds is 4. The van der Waals surface area contributed by atoms with Gasteiger partial charge in [-0.3, -0.25) is 4.40 Å². The van der Waals surface area contributed by atoms with Crippen molar-refractivity contribution in [1.29, 1.82) is 0 Å². The Kier molecular flexibility index (Phi) is 4.34. The molecule has 30 heavy (non-hydrogen) atoms. The zero-order valence-electron chi connectivity index (χ0n) is 17.0. The van der Waals surface area contributed by atoms with Crippen LogP contribution in [0.3, 0.4) is 0 Å². The average Bonchev–Trinajstić information content (AvgIpc) is 3.34. The highest BCUT2D eigenvalue weighted by Gasteiger charge is 2.20. The normalized spacial score (nSPS) is 12.8. The molecule has 0 fully saturated rings. The van der Waals surface area contributed by atoms with Crippen LogP contribution in [0.15, 0.2) is 30.7 Å². The summed E-state index contributed by atoms with van der Waals surface area (Å²) in [6.45, 7) is 6.64. The van der Waals surface area contributed by atoms with Gasteiger partial charge in [-0.15, -0.1) is 0 Å². The van der Waals surface area contributed by atoms with Crippen molar-refractivity contribution in [1.82, 2.24) is 24.3 Å². The minimum absolute atomic E-state index is 0.242. The average molecular weight is 404 g/mol. The molecule has 1 aliphatic heterocycles. The molecule has 0 amide bonds. The molecule has 0 atom stereocenters. The van der Waals surface area contributed by atoms with E-state index in [0.29, 0.717) is 31.1 Å². The third kappa shape index (κ3) is 3.04. The van der Waals surface area contributed by atoms with Crippen molar-refractivity contribution in [2.45, 2.75) is 33.7 Å². The maximum absolute atomic E-state index is 14.5. The highest BCUT2D eigenvalue weighted by atomic mass is 19.1. The summed E-state index contributed by atoms with van der Waals surface area (Å²) in [6, 6.07) is 3.15. The summed E-state index contributed by atoms with van der Waals surface area (Å²) < 4.78 is 21.9. The Hall–Kier alpha value is -3.55. The fourth-order valence-electron chi connectivity index (χ4n) is 3.94. The maximum atomic E-state index is 14.5. The summed E-state index contributed by atoms with van der Waals surface area (Å²) in [6.07, 6.45) is 6.19. The van der Waals surface area contributed by atoms with Crippen molar-refractivity contribution in [3.63, 3.8) is 0 Å². The van der Waals surface area contributed by atoms with Crippen LogP contribution in [-0.2, 0) is 13.0 Å². The molecule has 7 nitrogen and oxygen atoms in total. The molecule has 0 radical (unpaired) electrons. The molecular formula is C22H21FN6O. The van der Waals surface area contributed by atoms with E-state index in [1.165, 1.54) is 6.07 Å². The summed E-state index contributed by atoms with van der Waals surface area (Å²) >= 11 is 0. The van der Waals surface area contributed by atoms with E-state index in [1.54, 1.807) is 18.5 Å². The fraction of sp³-hybridized carbons (Fsp3) is 0.273. The number of anilines is 1. The molecule has 0 aliphatic carbocycles. The van der Waals surface area contributed by atoms with E-state index in [-0.39, 0.29) is 5.82 Å². The van der Waals surface area contributed by atoms with Gasteiger partial charge in [0.15, 0.2) is 0 Å². The molecule has 4 aromatic rings. The molecule has 5 rings (SSSR count). The van der Waals surface area contributed by atoms with E-state index in [9.17, 15) is 4.39 Å². The molecule has 0 saturated carbocycles. The first-order valence-corrected chi connectivity index (χ1v) is 9.83. The number of hydrogen-bond acceptors (Lipinski definition) is 6. The molecule has 1 aromatic carbocycles. The van der Waals surface area contributed by atoms with Crippen LogP contribution in [0.1, 0.15) is 28.3 Å². The first kappa shape index (κ1) is 18.5. The Balaban J connectivity index is 1.54. The summed E-state index contributed by atoms with van der Waals surface area (Å²) in [5, 5.41) is 3.28. The van der Waals surface area contributed by atoms with Crippen molar-refractivity contribution < 1.29 is 9.13 Å². The van der Waals surface area contributed by atoms with E-state index < -0.39 is 0 Å². The third-order valence-corrected chi connectivity index (χ3v) is 5.37. The zero-order valence-corrected chi connectivity index (χ0v) is 17.0. The van der Waals surface area contributed by atoms with Gasteiger partial charge in [0, 0.05) is 59.5 Å². The Bertz CT molecular complexity index is 1280. The second kappa shape index (κ2) is 7.05. The molecule has 3 aromatic heterocycles. The number of halogens is 1. The van der Waals surface area contributed by atoms with Crippen molar-refractivity contribution in [2.24, 2.45) is 0 Å². The Morgan fingerprint density at radius 3 is 2.77 bits per heavy atom. The number of benzene rings is 1. The van der Waals surface area contributed by atoms with E-state index in [0.717, 1.165) is 45.3 Å². The van der Waals surface area contributed by atoms with E-state index in [1.807, 2.05) is 31.4 Å². The minimum Gasteiger partial charge on any atom is -0.493 e. The maximum Gasteiger partial charge on any atom is 0.208 e. The van der Waals surface area contributed by atoms with Gasteiger partial charge in [0.05, 0.1) is 12.3 Å². The number of fused-ring (bicyclic) bond motifs is 2. The van der Waals surface area contributed by atoms with Crippen LogP contribution in [0.25, 0.3) is 16.8 Å². The van der Waals surface area contributed by atoms with Gasteiger partial charge in [-0.05, 0) is 32.9 Å². The molecule has 8 heteroatoms. The summed E-state index contributed by atoms with van der Waals surface area (Å²) in [7, 11) is 0. The predicted octanol–water partition coefficient (Wildman–Crippen LogP) is 3.80. The molecule has 0 unspecified atom stereocenters. The highest BCUT2D eigenvalue weighted by Crippen LogP contribution is 2.31. The first-order valence-electron chi connectivity index (χ1n) is 9.83. The van der Waals surface area contributed by atoms with Crippen molar-refractivity contribution >= 4 is 11.6 Å². The number of imidazole rings is 1. The first-order chi connectivity index (χ1) is 14.5. The zero-order chi connectivity index (χ0) is 20.8. The van der Waals surface area contributed by atoms with Crippen LogP contribution in [0, 0.1) is 26.6 Å². The number of nitrogens with zero attached hydrogens (tertiary/aromatic N) is 5. The van der Waals surface area contributed by atoms with E-state index in [2.05, 4.69) is 25.3 Å². The molecule has 1 aliphatic rings. The van der Waals surface area contributed by atoms with Gasteiger partial charge in [-0.25, -0.2) is 24.3 Å². The summed E-state index contributed by atoms with van der Waals surface area (Å²) in [5.41, 5.74) is 5.76. The molecular weight excluding hydrogens is 383 g/mol. The second-order valence-corrected chi connectivity index (χ2v) is 7.44. The lowest BCUT2D eigenvalue weighted by atomic mass is 10.0. The van der Waals surface area contributed by atoms with Crippen LogP contribution in [0.5, 0.6) is 5.75 Å². The summed E-state index contributed by atoms with van der Waals surface area (Å²) in [4.78, 5) is 18.1. The Morgan fingerprint density at radius 2 is 1.93 bits per heavy atom. The van der Waals surface area contributed by atoms with Gasteiger partial charge in [0.1, 0.15) is 23.0 Å². The minimum atomic E-state index is -0.242. The van der Waals surface area contributed by atoms with E-state index in [4.69, 9.17) is 4.74 Å². The molecule has 0 bridgehead atoms. The number of aromatic nitrogens is 5.